The molecule has 18 heavy (non-hydrogen) atoms. The molecule has 0 saturated carbocycles. The normalized spacial score (nSPS) is 13.3. The van der Waals surface area contributed by atoms with Crippen LogP contribution in [0.15, 0.2) is 4.99 Å². The summed E-state index contributed by atoms with van der Waals surface area (Å²) >= 11 is 0. The topological polar surface area (TPSA) is 162 Å². The van der Waals surface area contributed by atoms with Gasteiger partial charge in [0, 0.05) is 6.54 Å². The van der Waals surface area contributed by atoms with Gasteiger partial charge in [0.1, 0.15) is 12.3 Å². The molecule has 0 bridgehead atoms. The van der Waals surface area contributed by atoms with E-state index in [0.717, 1.165) is 4.90 Å². The number of likely N-dealkylation sites (N-methyl/N-ethyl adjacent to an activating group) is 1. The highest BCUT2D eigenvalue weighted by Gasteiger charge is 2.27. The van der Waals surface area contributed by atoms with Gasteiger partial charge in [0.25, 0.3) is 0 Å². The number of hydrogen-bond donors (Lipinski definition) is 5. The second-order valence-corrected chi connectivity index (χ2v) is 5.48. The number of carboxylic acid groups (broad SMARTS) is 1. The number of hydrogen-bond acceptors (Lipinski definition) is 4. The van der Waals surface area contributed by atoms with Gasteiger partial charge in [-0.3, -0.25) is 19.3 Å². The quantitative estimate of drug-likeness (QED) is 0.156. The number of carbonyl (C=O) groups is 1. The number of guanidine groups is 1. The predicted octanol–water partition coefficient (Wildman–Crippen LogP) is -1.44. The van der Waals surface area contributed by atoms with Crippen molar-refractivity contribution >= 4 is 19.5 Å². The van der Waals surface area contributed by atoms with Crippen LogP contribution in [0.4, 0.5) is 0 Å². The SMILES string of the molecule is CN(CP(=O)(O)O)[C@@H](CCCN=C(N)N)C(=O)O. The zero-order chi connectivity index (χ0) is 14.3. The van der Waals surface area contributed by atoms with E-state index in [0.29, 0.717) is 6.42 Å². The third kappa shape index (κ3) is 8.02. The molecule has 0 aliphatic rings. The Bertz CT molecular complexity index is 351. The standard InChI is InChI=1S/C8H19N4O5P/c1-12(5-18(15,16)17)6(7(13)14)3-2-4-11-8(9)10/h6H,2-5H2,1H3,(H,13,14)(H4,9,10,11)(H2,15,16,17)/t6-/m0/s1. The molecule has 0 aromatic rings. The zero-order valence-electron chi connectivity index (χ0n) is 10.1. The predicted molar refractivity (Wildman–Crippen MR) is 66.0 cm³/mol. The van der Waals surface area contributed by atoms with Crippen molar-refractivity contribution in [3.8, 4) is 0 Å². The van der Waals surface area contributed by atoms with Crippen LogP contribution in [0.2, 0.25) is 0 Å². The van der Waals surface area contributed by atoms with Gasteiger partial charge < -0.3 is 26.4 Å². The Morgan fingerprint density at radius 3 is 2.39 bits per heavy atom. The molecule has 10 heteroatoms. The summed E-state index contributed by atoms with van der Waals surface area (Å²) in [6.45, 7) is 0.274. The minimum atomic E-state index is -4.28. The molecule has 0 saturated heterocycles. The van der Waals surface area contributed by atoms with Gasteiger partial charge >= 0.3 is 13.6 Å². The Kier molecular flexibility index (Phi) is 6.85. The van der Waals surface area contributed by atoms with Crippen LogP contribution in [-0.2, 0) is 9.36 Å². The summed E-state index contributed by atoms with van der Waals surface area (Å²) < 4.78 is 10.8. The van der Waals surface area contributed by atoms with Crippen molar-refractivity contribution < 1.29 is 24.3 Å². The van der Waals surface area contributed by atoms with Crippen LogP contribution < -0.4 is 11.5 Å². The third-order valence-electron chi connectivity index (χ3n) is 2.15. The lowest BCUT2D eigenvalue weighted by Crippen LogP contribution is -2.39. The maximum absolute atomic E-state index is 11.0. The average molecular weight is 282 g/mol. The maximum atomic E-state index is 11.0. The molecule has 9 nitrogen and oxygen atoms in total. The van der Waals surface area contributed by atoms with Gasteiger partial charge in [-0.15, -0.1) is 0 Å². The maximum Gasteiger partial charge on any atom is 0.339 e. The summed E-state index contributed by atoms with van der Waals surface area (Å²) in [7, 11) is -2.93. The van der Waals surface area contributed by atoms with Crippen molar-refractivity contribution in [2.75, 3.05) is 19.9 Å². The highest BCUT2D eigenvalue weighted by Crippen LogP contribution is 2.35. The van der Waals surface area contributed by atoms with E-state index in [1.165, 1.54) is 7.05 Å². The molecular formula is C8H19N4O5P. The van der Waals surface area contributed by atoms with Crippen LogP contribution in [-0.4, -0.2) is 57.6 Å². The molecule has 0 aliphatic heterocycles. The summed E-state index contributed by atoms with van der Waals surface area (Å²) in [5.41, 5.74) is 10.2. The van der Waals surface area contributed by atoms with E-state index in [1.54, 1.807) is 0 Å². The zero-order valence-corrected chi connectivity index (χ0v) is 11.0. The first-order chi connectivity index (χ1) is 8.13. The van der Waals surface area contributed by atoms with Crippen LogP contribution in [0, 0.1) is 0 Å². The fourth-order valence-corrected chi connectivity index (χ4v) is 2.19. The number of nitrogens with zero attached hydrogens (tertiary/aromatic N) is 2. The Hall–Kier alpha value is -1.15. The van der Waals surface area contributed by atoms with E-state index in [-0.39, 0.29) is 18.9 Å². The molecule has 0 unspecified atom stereocenters. The van der Waals surface area contributed by atoms with Crippen LogP contribution in [0.3, 0.4) is 0 Å². The number of nitrogens with two attached hydrogens (primary N) is 2. The average Bonchev–Trinajstić information content (AvgIpc) is 2.12. The highest BCUT2D eigenvalue weighted by atomic mass is 31.2. The highest BCUT2D eigenvalue weighted by molar-refractivity contribution is 7.51. The van der Waals surface area contributed by atoms with Crippen molar-refractivity contribution in [2.24, 2.45) is 16.5 Å². The molecule has 0 rings (SSSR count). The molecule has 0 aromatic heterocycles. The van der Waals surface area contributed by atoms with Crippen LogP contribution in [0.5, 0.6) is 0 Å². The van der Waals surface area contributed by atoms with Crippen molar-refractivity contribution in [3.63, 3.8) is 0 Å². The minimum Gasteiger partial charge on any atom is -0.480 e. The first kappa shape index (κ1) is 16.9. The third-order valence-corrected chi connectivity index (χ3v) is 2.97. The van der Waals surface area contributed by atoms with Crippen LogP contribution in [0.25, 0.3) is 0 Å². The molecule has 7 N–H and O–H groups in total. The second kappa shape index (κ2) is 7.32. The summed E-state index contributed by atoms with van der Waals surface area (Å²) in [5.74, 6) is -1.22. The molecular weight excluding hydrogens is 263 g/mol. The number of rotatable bonds is 8. The first-order valence-electron chi connectivity index (χ1n) is 5.16. The molecule has 106 valence electrons. The van der Waals surface area contributed by atoms with E-state index in [2.05, 4.69) is 4.99 Å². The smallest absolute Gasteiger partial charge is 0.339 e. The summed E-state index contributed by atoms with van der Waals surface area (Å²) in [6.07, 6.45) is -0.00472. The molecule has 0 aromatic carbocycles. The molecule has 0 amide bonds. The lowest BCUT2D eigenvalue weighted by molar-refractivity contribution is -0.142. The van der Waals surface area contributed by atoms with Gasteiger partial charge in [-0.25, -0.2) is 0 Å². The van der Waals surface area contributed by atoms with Gasteiger partial charge in [0.2, 0.25) is 0 Å². The Labute approximate surface area is 105 Å². The minimum absolute atomic E-state index is 0.0783. The fourth-order valence-electron chi connectivity index (χ4n) is 1.41. The van der Waals surface area contributed by atoms with E-state index < -0.39 is 25.9 Å². The number of carboxylic acids is 1. The van der Waals surface area contributed by atoms with E-state index in [1.807, 2.05) is 0 Å². The van der Waals surface area contributed by atoms with E-state index in [4.69, 9.17) is 26.4 Å². The van der Waals surface area contributed by atoms with Crippen molar-refractivity contribution in [2.45, 2.75) is 18.9 Å². The molecule has 0 aliphatic carbocycles. The van der Waals surface area contributed by atoms with Gasteiger partial charge in [0.15, 0.2) is 5.96 Å². The van der Waals surface area contributed by atoms with Crippen LogP contribution in [0.1, 0.15) is 12.8 Å². The van der Waals surface area contributed by atoms with Gasteiger partial charge in [-0.2, -0.15) is 0 Å². The summed E-state index contributed by atoms with van der Waals surface area (Å²) in [4.78, 5) is 33.4. The number of aliphatic imine (C=N–C) groups is 1. The Morgan fingerprint density at radius 2 is 2.00 bits per heavy atom. The van der Waals surface area contributed by atoms with Gasteiger partial charge in [-0.05, 0) is 19.9 Å². The van der Waals surface area contributed by atoms with E-state index >= 15 is 0 Å². The Balaban J connectivity index is 4.35. The summed E-state index contributed by atoms with van der Waals surface area (Å²) in [6, 6.07) is -0.980. The van der Waals surface area contributed by atoms with Crippen molar-refractivity contribution in [1.29, 1.82) is 0 Å². The van der Waals surface area contributed by atoms with Gasteiger partial charge in [0.05, 0.1) is 0 Å². The van der Waals surface area contributed by atoms with Crippen molar-refractivity contribution in [3.05, 3.63) is 0 Å². The lowest BCUT2D eigenvalue weighted by atomic mass is 10.1. The second-order valence-electron chi connectivity index (χ2n) is 3.87. The van der Waals surface area contributed by atoms with Crippen LogP contribution >= 0.6 is 7.60 Å². The molecule has 0 heterocycles. The number of aliphatic carboxylic acids is 1. The van der Waals surface area contributed by atoms with E-state index in [9.17, 15) is 9.36 Å². The molecule has 1 atom stereocenters. The molecule has 0 spiro atoms. The molecule has 0 radical (unpaired) electrons. The first-order valence-corrected chi connectivity index (χ1v) is 6.96. The lowest BCUT2D eigenvalue weighted by Gasteiger charge is -2.24. The monoisotopic (exact) mass is 282 g/mol. The summed E-state index contributed by atoms with van der Waals surface area (Å²) in [5, 5.41) is 8.97. The van der Waals surface area contributed by atoms with Crippen molar-refractivity contribution in [1.82, 2.24) is 4.90 Å². The fraction of sp³-hybridized carbons (Fsp3) is 0.750. The largest absolute Gasteiger partial charge is 0.480 e. The van der Waals surface area contributed by atoms with Gasteiger partial charge in [-0.1, -0.05) is 0 Å². The Morgan fingerprint density at radius 1 is 1.44 bits per heavy atom. The molecule has 0 fully saturated rings.